The Morgan fingerprint density at radius 2 is 1.90 bits per heavy atom. The topological polar surface area (TPSA) is 102 Å². The molecule has 4 atom stereocenters. The second-order valence-corrected chi connectivity index (χ2v) is 9.24. The summed E-state index contributed by atoms with van der Waals surface area (Å²) in [6.45, 7) is 5.22. The van der Waals surface area contributed by atoms with E-state index in [2.05, 4.69) is 23.9 Å². The monoisotopic (exact) mass is 422 g/mol. The fourth-order valence-corrected chi connectivity index (χ4v) is 4.07. The average Bonchev–Trinajstić information content (AvgIpc) is 2.69. The van der Waals surface area contributed by atoms with E-state index in [9.17, 15) is 18.0 Å². The predicted octanol–water partition coefficient (Wildman–Crippen LogP) is 2.45. The standard InChI is InChI=1S/C21H30N2O5S/c1-15-8-7-11-19(16(15)2)23-21(25)17(3)28-20(24)14-22-29(26,27)13-12-18-9-5-4-6-10-18/h4-6,9-10,12-13,15-17,19,22H,7-8,11,14H2,1-3H3,(H,23,25)/b13-12+/t15-,16-,17-,19+/m1/s1. The highest BCUT2D eigenvalue weighted by atomic mass is 32.2. The molecule has 0 bridgehead atoms. The molecule has 1 aromatic rings. The van der Waals surface area contributed by atoms with Crippen LogP contribution in [0.3, 0.4) is 0 Å². The molecule has 0 unspecified atom stereocenters. The lowest BCUT2D eigenvalue weighted by molar-refractivity contribution is -0.154. The predicted molar refractivity (Wildman–Crippen MR) is 112 cm³/mol. The zero-order chi connectivity index (χ0) is 21.4. The molecule has 1 aliphatic carbocycles. The summed E-state index contributed by atoms with van der Waals surface area (Å²) >= 11 is 0. The van der Waals surface area contributed by atoms with E-state index in [0.717, 1.165) is 30.2 Å². The molecule has 1 aromatic carbocycles. The number of hydrogen-bond acceptors (Lipinski definition) is 5. The van der Waals surface area contributed by atoms with Crippen molar-refractivity contribution < 1.29 is 22.7 Å². The molecule has 2 rings (SSSR count). The first-order chi connectivity index (χ1) is 13.7. The van der Waals surface area contributed by atoms with Gasteiger partial charge in [0.25, 0.3) is 5.91 Å². The van der Waals surface area contributed by atoms with Gasteiger partial charge in [0, 0.05) is 11.4 Å². The maximum atomic E-state index is 12.3. The van der Waals surface area contributed by atoms with Gasteiger partial charge in [-0.1, -0.05) is 57.0 Å². The van der Waals surface area contributed by atoms with Crippen LogP contribution in [-0.4, -0.2) is 39.0 Å². The van der Waals surface area contributed by atoms with Crippen molar-refractivity contribution in [2.45, 2.75) is 52.2 Å². The maximum absolute atomic E-state index is 12.3. The van der Waals surface area contributed by atoms with Crippen molar-refractivity contribution >= 4 is 28.0 Å². The van der Waals surface area contributed by atoms with E-state index < -0.39 is 28.6 Å². The SMILES string of the molecule is C[C@@H]1[C@H](C)CCC[C@@H]1NC(=O)[C@@H](C)OC(=O)CNS(=O)(=O)/C=C/c1ccccc1. The quantitative estimate of drug-likeness (QED) is 0.627. The average molecular weight is 423 g/mol. The van der Waals surface area contributed by atoms with Crippen LogP contribution in [0.2, 0.25) is 0 Å². The van der Waals surface area contributed by atoms with Crippen LogP contribution in [0, 0.1) is 11.8 Å². The van der Waals surface area contributed by atoms with Crippen LogP contribution in [0.15, 0.2) is 35.7 Å². The first-order valence-corrected chi connectivity index (χ1v) is 11.4. The van der Waals surface area contributed by atoms with E-state index in [4.69, 9.17) is 4.74 Å². The van der Waals surface area contributed by atoms with Gasteiger partial charge in [-0.15, -0.1) is 0 Å². The lowest BCUT2D eigenvalue weighted by Crippen LogP contribution is -2.48. The Balaban J connectivity index is 1.78. The Labute approximate surface area is 173 Å². The molecule has 0 saturated heterocycles. The van der Waals surface area contributed by atoms with Gasteiger partial charge in [0.2, 0.25) is 10.0 Å². The summed E-state index contributed by atoms with van der Waals surface area (Å²) in [6.07, 6.45) is 3.55. The van der Waals surface area contributed by atoms with Crippen molar-refractivity contribution in [2.24, 2.45) is 11.8 Å². The summed E-state index contributed by atoms with van der Waals surface area (Å²) in [5.41, 5.74) is 0.719. The van der Waals surface area contributed by atoms with Crippen LogP contribution in [0.1, 0.15) is 45.6 Å². The van der Waals surface area contributed by atoms with Crippen molar-refractivity contribution in [3.8, 4) is 0 Å². The van der Waals surface area contributed by atoms with E-state index in [-0.39, 0.29) is 11.9 Å². The van der Waals surface area contributed by atoms with E-state index >= 15 is 0 Å². The highest BCUT2D eigenvalue weighted by Crippen LogP contribution is 2.29. The summed E-state index contributed by atoms with van der Waals surface area (Å²) in [6, 6.07) is 8.99. The van der Waals surface area contributed by atoms with Gasteiger partial charge in [0.1, 0.15) is 6.54 Å². The molecule has 0 aliphatic heterocycles. The van der Waals surface area contributed by atoms with Crippen molar-refractivity contribution in [1.82, 2.24) is 10.0 Å². The molecular weight excluding hydrogens is 392 g/mol. The smallest absolute Gasteiger partial charge is 0.321 e. The number of esters is 1. The Morgan fingerprint density at radius 3 is 2.59 bits per heavy atom. The van der Waals surface area contributed by atoms with Crippen LogP contribution < -0.4 is 10.0 Å². The molecule has 2 N–H and O–H groups in total. The maximum Gasteiger partial charge on any atom is 0.321 e. The Bertz CT molecular complexity index is 823. The van der Waals surface area contributed by atoms with Crippen molar-refractivity contribution in [3.05, 3.63) is 41.3 Å². The molecule has 0 heterocycles. The van der Waals surface area contributed by atoms with Gasteiger partial charge in [0.15, 0.2) is 6.10 Å². The summed E-state index contributed by atoms with van der Waals surface area (Å²) in [5.74, 6) is -0.283. The minimum atomic E-state index is -3.80. The molecule has 29 heavy (non-hydrogen) atoms. The van der Waals surface area contributed by atoms with E-state index in [0.29, 0.717) is 11.8 Å². The van der Waals surface area contributed by atoms with Gasteiger partial charge in [-0.3, -0.25) is 9.59 Å². The number of benzene rings is 1. The minimum absolute atomic E-state index is 0.0639. The van der Waals surface area contributed by atoms with Gasteiger partial charge < -0.3 is 10.1 Å². The molecule has 0 radical (unpaired) electrons. The molecule has 160 valence electrons. The third-order valence-electron chi connectivity index (χ3n) is 5.37. The van der Waals surface area contributed by atoms with E-state index in [1.165, 1.54) is 13.0 Å². The molecule has 7 nitrogen and oxygen atoms in total. The zero-order valence-electron chi connectivity index (χ0n) is 17.1. The number of amides is 1. The minimum Gasteiger partial charge on any atom is -0.452 e. The molecular formula is C21H30N2O5S. The lowest BCUT2D eigenvalue weighted by Gasteiger charge is -2.35. The molecule has 1 amide bonds. The van der Waals surface area contributed by atoms with Crippen LogP contribution in [-0.2, 0) is 24.3 Å². The highest BCUT2D eigenvalue weighted by Gasteiger charge is 2.30. The Kier molecular flexibility index (Phi) is 8.40. The van der Waals surface area contributed by atoms with Crippen LogP contribution in [0.4, 0.5) is 0 Å². The number of hydrogen-bond donors (Lipinski definition) is 2. The summed E-state index contributed by atoms with van der Waals surface area (Å²) < 4.78 is 31.2. The first kappa shape index (κ1) is 23.1. The van der Waals surface area contributed by atoms with E-state index in [1.54, 1.807) is 24.3 Å². The Morgan fingerprint density at radius 1 is 1.21 bits per heavy atom. The van der Waals surface area contributed by atoms with Crippen molar-refractivity contribution in [1.29, 1.82) is 0 Å². The molecule has 0 aromatic heterocycles. The normalized spacial score (nSPS) is 23.5. The third kappa shape index (κ3) is 7.62. The largest absolute Gasteiger partial charge is 0.452 e. The summed E-state index contributed by atoms with van der Waals surface area (Å²) in [7, 11) is -3.80. The summed E-state index contributed by atoms with van der Waals surface area (Å²) in [5, 5.41) is 3.93. The highest BCUT2D eigenvalue weighted by molar-refractivity contribution is 7.92. The van der Waals surface area contributed by atoms with Gasteiger partial charge in [-0.2, -0.15) is 0 Å². The number of sulfonamides is 1. The molecule has 0 spiro atoms. The molecule has 1 fully saturated rings. The third-order valence-corrected chi connectivity index (χ3v) is 6.41. The fourth-order valence-electron chi connectivity index (χ4n) is 3.32. The van der Waals surface area contributed by atoms with Gasteiger partial charge in [0.05, 0.1) is 0 Å². The van der Waals surface area contributed by atoms with Crippen molar-refractivity contribution in [2.75, 3.05) is 6.54 Å². The lowest BCUT2D eigenvalue weighted by atomic mass is 9.78. The number of carbonyl (C=O) groups is 2. The fraction of sp³-hybridized carbons (Fsp3) is 0.524. The second kappa shape index (κ2) is 10.5. The van der Waals surface area contributed by atoms with Crippen molar-refractivity contribution in [3.63, 3.8) is 0 Å². The second-order valence-electron chi connectivity index (χ2n) is 7.59. The number of ether oxygens (including phenoxy) is 1. The van der Waals surface area contributed by atoms with E-state index in [1.807, 2.05) is 6.07 Å². The van der Waals surface area contributed by atoms with Gasteiger partial charge >= 0.3 is 5.97 Å². The number of rotatable bonds is 8. The molecule has 8 heteroatoms. The van der Waals surface area contributed by atoms with Crippen LogP contribution in [0.25, 0.3) is 6.08 Å². The number of carbonyl (C=O) groups excluding carboxylic acids is 2. The van der Waals surface area contributed by atoms with Gasteiger partial charge in [-0.25, -0.2) is 13.1 Å². The number of nitrogens with one attached hydrogen (secondary N) is 2. The zero-order valence-corrected chi connectivity index (χ0v) is 17.9. The first-order valence-electron chi connectivity index (χ1n) is 9.90. The van der Waals surface area contributed by atoms with Crippen LogP contribution >= 0.6 is 0 Å². The summed E-state index contributed by atoms with van der Waals surface area (Å²) in [4.78, 5) is 24.3. The van der Waals surface area contributed by atoms with Crippen LogP contribution in [0.5, 0.6) is 0 Å². The molecule has 1 saturated carbocycles. The Hall–Kier alpha value is -2.19. The van der Waals surface area contributed by atoms with Gasteiger partial charge in [-0.05, 0) is 36.8 Å². The molecule has 1 aliphatic rings.